The fraction of sp³-hybridized carbons (Fsp3) is 0.818. The summed E-state index contributed by atoms with van der Waals surface area (Å²) in [7, 11) is 15.6. The van der Waals surface area contributed by atoms with Crippen molar-refractivity contribution < 1.29 is 9.53 Å². The van der Waals surface area contributed by atoms with Crippen molar-refractivity contribution in [3.63, 3.8) is 0 Å². The van der Waals surface area contributed by atoms with Gasteiger partial charge < -0.3 is 0 Å². The van der Waals surface area contributed by atoms with Crippen molar-refractivity contribution in [2.45, 2.75) is 49.4 Å². The molecular formula is C11H23Cl3O2SiSn. The molecule has 0 saturated carbocycles. The Kier molecular flexibility index (Phi) is 8.17. The van der Waals surface area contributed by atoms with Crippen molar-refractivity contribution >= 4 is 50.1 Å². The monoisotopic (exact) mass is 440 g/mol. The van der Waals surface area contributed by atoms with E-state index in [0.717, 1.165) is 0 Å². The molecule has 0 aliphatic heterocycles. The molecule has 1 N–H and O–H groups in total. The summed E-state index contributed by atoms with van der Waals surface area (Å²) in [4.78, 5) is 0. The van der Waals surface area contributed by atoms with Crippen LogP contribution >= 0.6 is 26.8 Å². The van der Waals surface area contributed by atoms with Crippen LogP contribution in [0.3, 0.4) is 0 Å². The van der Waals surface area contributed by atoms with Gasteiger partial charge in [0.05, 0.1) is 0 Å². The van der Waals surface area contributed by atoms with Crippen LogP contribution in [-0.4, -0.2) is 41.1 Å². The van der Waals surface area contributed by atoms with Crippen molar-refractivity contribution in [1.29, 1.82) is 0 Å². The first kappa shape index (κ1) is 19.5. The number of aliphatic hydroxyl groups is 1. The van der Waals surface area contributed by atoms with E-state index in [1.165, 1.54) is 0 Å². The van der Waals surface area contributed by atoms with Crippen molar-refractivity contribution in [3.05, 3.63) is 12.2 Å². The van der Waals surface area contributed by atoms with Gasteiger partial charge in [0.1, 0.15) is 0 Å². The second-order valence-electron chi connectivity index (χ2n) is 5.89. The molecule has 0 aromatic rings. The summed E-state index contributed by atoms with van der Waals surface area (Å²) in [5.41, 5.74) is 0. The van der Waals surface area contributed by atoms with E-state index in [0.29, 0.717) is 11.0 Å². The zero-order chi connectivity index (χ0) is 14.6. The first-order valence-electron chi connectivity index (χ1n) is 5.90. The van der Waals surface area contributed by atoms with Crippen molar-refractivity contribution in [2.24, 2.45) is 0 Å². The molecule has 0 fully saturated rings. The maximum absolute atomic E-state index is 9.78. The molecule has 0 spiro atoms. The first-order chi connectivity index (χ1) is 7.85. The molecular weight excluding hydrogens is 417 g/mol. The van der Waals surface area contributed by atoms with Gasteiger partial charge in [0, 0.05) is 0 Å². The van der Waals surface area contributed by atoms with Gasteiger partial charge in [-0.3, -0.25) is 0 Å². The Morgan fingerprint density at radius 2 is 1.78 bits per heavy atom. The number of hydrogen-bond donors (Lipinski definition) is 1. The zero-order valence-electron chi connectivity index (χ0n) is 11.6. The third-order valence-electron chi connectivity index (χ3n) is 3.13. The van der Waals surface area contributed by atoms with E-state index in [4.69, 9.17) is 31.2 Å². The molecule has 0 aliphatic carbocycles. The molecule has 2 nitrogen and oxygen atoms in total. The van der Waals surface area contributed by atoms with Gasteiger partial charge in [-0.25, -0.2) is 0 Å². The van der Waals surface area contributed by atoms with Crippen molar-refractivity contribution in [3.8, 4) is 0 Å². The molecule has 0 saturated heterocycles. The number of allylic oxidation sites excluding steroid dienone is 1. The predicted molar refractivity (Wildman–Crippen MR) is 86.4 cm³/mol. The fourth-order valence-electron chi connectivity index (χ4n) is 0.925. The zero-order valence-corrected chi connectivity index (χ0v) is 17.8. The molecule has 0 aromatic heterocycles. The summed E-state index contributed by atoms with van der Waals surface area (Å²) in [6.07, 6.45) is 2.78. The minimum absolute atomic E-state index is 0.143. The summed E-state index contributed by atoms with van der Waals surface area (Å²) in [6.45, 7) is 11.1. The van der Waals surface area contributed by atoms with E-state index in [-0.39, 0.29) is 5.04 Å². The van der Waals surface area contributed by atoms with E-state index < -0.39 is 29.4 Å². The van der Waals surface area contributed by atoms with Gasteiger partial charge in [-0.1, -0.05) is 0 Å². The summed E-state index contributed by atoms with van der Waals surface area (Å²) < 4.78 is 6.38. The summed E-state index contributed by atoms with van der Waals surface area (Å²) in [5, 5.41) is 9.92. The number of aliphatic hydroxyl groups excluding tert-OH is 1. The molecule has 1 atom stereocenters. The van der Waals surface area contributed by atoms with Crippen LogP contribution in [0.15, 0.2) is 12.2 Å². The second kappa shape index (κ2) is 7.52. The van der Waals surface area contributed by atoms with Gasteiger partial charge in [0.15, 0.2) is 0 Å². The molecule has 0 radical (unpaired) electrons. The predicted octanol–water partition coefficient (Wildman–Crippen LogP) is 4.58. The van der Waals surface area contributed by atoms with Crippen LogP contribution in [0.2, 0.25) is 22.6 Å². The third-order valence-corrected chi connectivity index (χ3v) is 12.7. The van der Waals surface area contributed by atoms with E-state index in [1.807, 2.05) is 0 Å². The molecule has 0 unspecified atom stereocenters. The number of halogens is 3. The van der Waals surface area contributed by atoms with E-state index >= 15 is 0 Å². The molecule has 0 bridgehead atoms. The van der Waals surface area contributed by atoms with Crippen LogP contribution in [0.1, 0.15) is 20.8 Å². The molecule has 0 aromatic carbocycles. The average molecular weight is 440 g/mol. The van der Waals surface area contributed by atoms with Gasteiger partial charge in [0.2, 0.25) is 0 Å². The summed E-state index contributed by atoms with van der Waals surface area (Å²) >= 11 is -3.30. The maximum atomic E-state index is 9.78. The fourth-order valence-corrected chi connectivity index (χ4v) is 4.89. The van der Waals surface area contributed by atoms with Crippen LogP contribution in [0.25, 0.3) is 0 Å². The average Bonchev–Trinajstić information content (AvgIpc) is 2.11. The number of hydrogen-bond acceptors (Lipinski definition) is 2. The topological polar surface area (TPSA) is 29.5 Å². The Balaban J connectivity index is 4.16. The normalized spacial score (nSPS) is 16.3. The first-order valence-corrected chi connectivity index (χ1v) is 21.7. The minimum atomic E-state index is -3.30. The van der Waals surface area contributed by atoms with Gasteiger partial charge in [-0.15, -0.1) is 0 Å². The van der Waals surface area contributed by atoms with Crippen molar-refractivity contribution in [1.82, 2.24) is 0 Å². The van der Waals surface area contributed by atoms with Crippen LogP contribution < -0.4 is 0 Å². The van der Waals surface area contributed by atoms with Crippen molar-refractivity contribution in [2.75, 3.05) is 6.61 Å². The Morgan fingerprint density at radius 1 is 1.28 bits per heavy atom. The molecule has 0 heterocycles. The van der Waals surface area contributed by atoms with Crippen LogP contribution in [0.5, 0.6) is 0 Å². The number of rotatable bonds is 6. The third kappa shape index (κ3) is 8.66. The molecule has 0 aliphatic rings. The van der Waals surface area contributed by atoms with Gasteiger partial charge in [-0.05, 0) is 0 Å². The summed E-state index contributed by atoms with van der Waals surface area (Å²) in [6, 6.07) is 0. The molecule has 0 rings (SSSR count). The molecule has 108 valence electrons. The SMILES string of the molecule is CC(C)(C)[Si](C)(C)OC[C@@H](O)/C=C/[CH2][Sn]([Cl])([Cl])[Cl]. The van der Waals surface area contributed by atoms with Crippen LogP contribution in [0.4, 0.5) is 0 Å². The standard InChI is InChI=1S/C11H23O2Si.3ClH.Sn/c1-7-8-10(12)9-13-14(5,6)11(2,3)4;;;;/h7-8,10,12H,1,9H2,2-6H3;3*1H;/q;;;;+3/p-3/b8-7+;;;;/t10-;;;;/m0..../s1. The second-order valence-corrected chi connectivity index (χ2v) is 32.3. The molecule has 0 amide bonds. The van der Waals surface area contributed by atoms with E-state index in [2.05, 4.69) is 33.9 Å². The van der Waals surface area contributed by atoms with Gasteiger partial charge >= 0.3 is 128 Å². The Bertz CT molecular complexity index is 285. The Morgan fingerprint density at radius 3 is 2.17 bits per heavy atom. The molecule has 18 heavy (non-hydrogen) atoms. The Hall–Kier alpha value is 1.55. The van der Waals surface area contributed by atoms with E-state index in [9.17, 15) is 5.11 Å². The van der Waals surface area contributed by atoms with Gasteiger partial charge in [-0.2, -0.15) is 0 Å². The van der Waals surface area contributed by atoms with Gasteiger partial charge in [0.25, 0.3) is 0 Å². The van der Waals surface area contributed by atoms with Crippen LogP contribution in [-0.2, 0) is 4.43 Å². The quantitative estimate of drug-likeness (QED) is 0.484. The van der Waals surface area contributed by atoms with E-state index in [1.54, 1.807) is 12.2 Å². The summed E-state index contributed by atoms with van der Waals surface area (Å²) in [5.74, 6) is 0. The van der Waals surface area contributed by atoms with Crippen LogP contribution in [0, 0.1) is 0 Å². The Labute approximate surface area is 127 Å². The molecule has 7 heteroatoms.